The van der Waals surface area contributed by atoms with E-state index in [1.165, 1.54) is 12.1 Å². The van der Waals surface area contributed by atoms with Crippen LogP contribution in [0.2, 0.25) is 0 Å². The van der Waals surface area contributed by atoms with Crippen LogP contribution in [-0.4, -0.2) is 59.2 Å². The minimum atomic E-state index is -0.195. The number of halogens is 1. The molecule has 0 amide bonds. The van der Waals surface area contributed by atoms with Crippen LogP contribution < -0.4 is 5.32 Å². The minimum absolute atomic E-state index is 0.0142. The van der Waals surface area contributed by atoms with E-state index in [1.807, 2.05) is 31.6 Å². The monoisotopic (exact) mass is 405 g/mol. The number of hydrogen-bond donors (Lipinski definition) is 1. The topological polar surface area (TPSA) is 54.7 Å². The first-order valence-corrected chi connectivity index (χ1v) is 10.7. The van der Waals surface area contributed by atoms with Gasteiger partial charge < -0.3 is 15.0 Å². The molecule has 3 rings (SSSR count). The lowest BCUT2D eigenvalue weighted by molar-refractivity contribution is -0.00803. The first kappa shape index (κ1) is 20.7. The molecule has 0 radical (unpaired) electrons. The van der Waals surface area contributed by atoms with Gasteiger partial charge in [-0.2, -0.15) is 5.10 Å². The van der Waals surface area contributed by atoms with Crippen LogP contribution in [0, 0.1) is 5.82 Å². The smallest absolute Gasteiger partial charge is 0.194 e. The largest absolute Gasteiger partial charge is 0.370 e. The molecule has 28 heavy (non-hydrogen) atoms. The van der Waals surface area contributed by atoms with E-state index in [1.54, 1.807) is 16.4 Å². The van der Waals surface area contributed by atoms with Crippen LogP contribution in [0.5, 0.6) is 0 Å². The molecule has 1 N–H and O–H groups in total. The summed E-state index contributed by atoms with van der Waals surface area (Å²) < 4.78 is 20.7. The molecule has 1 atom stereocenters. The van der Waals surface area contributed by atoms with E-state index in [9.17, 15) is 4.39 Å². The molecular weight excluding hydrogens is 377 g/mol. The van der Waals surface area contributed by atoms with Gasteiger partial charge in [-0.05, 0) is 43.4 Å². The third-order valence-corrected chi connectivity index (χ3v) is 5.54. The molecule has 1 unspecified atom stereocenters. The van der Waals surface area contributed by atoms with Gasteiger partial charge in [0.1, 0.15) is 11.9 Å². The fourth-order valence-corrected chi connectivity index (χ4v) is 3.88. The first-order chi connectivity index (χ1) is 13.7. The number of thioether (sulfide) groups is 1. The Morgan fingerprint density at radius 3 is 2.93 bits per heavy atom. The summed E-state index contributed by atoms with van der Waals surface area (Å²) in [5.41, 5.74) is 1.10. The molecule has 1 fully saturated rings. The molecule has 0 aliphatic carbocycles. The summed E-state index contributed by atoms with van der Waals surface area (Å²) in [6.07, 6.45) is 4.85. The van der Waals surface area contributed by atoms with Crippen LogP contribution >= 0.6 is 11.8 Å². The van der Waals surface area contributed by atoms with Crippen LogP contribution in [0.4, 0.5) is 4.39 Å². The average molecular weight is 406 g/mol. The molecule has 1 aromatic heterocycles. The zero-order chi connectivity index (χ0) is 19.8. The first-order valence-electron chi connectivity index (χ1n) is 9.67. The molecule has 0 spiro atoms. The Hall–Kier alpha value is -2.06. The lowest BCUT2D eigenvalue weighted by atomic mass is 10.1. The molecule has 1 saturated heterocycles. The Balaban J connectivity index is 1.50. The number of rotatable bonds is 7. The van der Waals surface area contributed by atoms with E-state index in [-0.39, 0.29) is 11.9 Å². The number of nitrogens with one attached hydrogen (secondary N) is 1. The third kappa shape index (κ3) is 5.97. The van der Waals surface area contributed by atoms with Crippen molar-refractivity contribution in [2.75, 3.05) is 38.5 Å². The molecule has 0 bridgehead atoms. The van der Waals surface area contributed by atoms with Crippen molar-refractivity contribution >= 4 is 17.7 Å². The van der Waals surface area contributed by atoms with Crippen LogP contribution in [-0.2, 0) is 11.8 Å². The molecule has 1 aliphatic heterocycles. The number of nitrogens with zero attached hydrogens (tertiary/aromatic N) is 4. The standard InChI is InChI=1S/C20H28FN5OS/c1-3-22-20(23-9-4-12-28-18-7-5-17(21)6-8-18)26-10-11-27-19(15-26)16-13-24-25(2)14-16/h5-8,13-14,19H,3-4,9-12,15H2,1-2H3,(H,22,23). The van der Waals surface area contributed by atoms with Crippen LogP contribution in [0.1, 0.15) is 25.0 Å². The van der Waals surface area contributed by atoms with E-state index >= 15 is 0 Å². The number of guanidine groups is 1. The normalized spacial score (nSPS) is 17.8. The summed E-state index contributed by atoms with van der Waals surface area (Å²) in [6, 6.07) is 6.64. The highest BCUT2D eigenvalue weighted by molar-refractivity contribution is 7.99. The van der Waals surface area contributed by atoms with E-state index in [4.69, 9.17) is 9.73 Å². The maximum atomic E-state index is 13.0. The number of benzene rings is 1. The lowest BCUT2D eigenvalue weighted by Gasteiger charge is -2.34. The van der Waals surface area contributed by atoms with Gasteiger partial charge in [0.15, 0.2) is 5.96 Å². The predicted octanol–water partition coefficient (Wildman–Crippen LogP) is 3.08. The number of ether oxygens (including phenoxy) is 1. The summed E-state index contributed by atoms with van der Waals surface area (Å²) in [7, 11) is 1.92. The summed E-state index contributed by atoms with van der Waals surface area (Å²) in [5.74, 6) is 1.70. The maximum Gasteiger partial charge on any atom is 0.194 e. The Morgan fingerprint density at radius 2 is 2.21 bits per heavy atom. The molecule has 1 aliphatic rings. The molecule has 2 aromatic rings. The number of morpholine rings is 1. The number of aliphatic imine (C=N–C) groups is 1. The zero-order valence-electron chi connectivity index (χ0n) is 16.5. The Bertz CT molecular complexity index is 764. The Labute approximate surface area is 170 Å². The van der Waals surface area contributed by atoms with E-state index in [0.29, 0.717) is 6.61 Å². The van der Waals surface area contributed by atoms with Crippen LogP contribution in [0.25, 0.3) is 0 Å². The number of aryl methyl sites for hydroxylation is 1. The minimum Gasteiger partial charge on any atom is -0.370 e. The van der Waals surface area contributed by atoms with E-state index in [2.05, 4.69) is 22.2 Å². The molecule has 6 nitrogen and oxygen atoms in total. The van der Waals surface area contributed by atoms with Gasteiger partial charge in [-0.3, -0.25) is 9.67 Å². The Kier molecular flexibility index (Phi) is 7.73. The fraction of sp³-hybridized carbons (Fsp3) is 0.500. The second-order valence-corrected chi connectivity index (χ2v) is 7.81. The van der Waals surface area contributed by atoms with Crippen molar-refractivity contribution in [2.24, 2.45) is 12.0 Å². The summed E-state index contributed by atoms with van der Waals surface area (Å²) >= 11 is 1.73. The van der Waals surface area contributed by atoms with Gasteiger partial charge in [0.2, 0.25) is 0 Å². The second kappa shape index (κ2) is 10.5. The SMILES string of the molecule is CCNC(=NCCCSc1ccc(F)cc1)N1CCOC(c2cnn(C)c2)C1. The molecule has 2 heterocycles. The summed E-state index contributed by atoms with van der Waals surface area (Å²) in [6.45, 7) is 5.93. The highest BCUT2D eigenvalue weighted by Crippen LogP contribution is 2.22. The van der Waals surface area contributed by atoms with Gasteiger partial charge >= 0.3 is 0 Å². The van der Waals surface area contributed by atoms with Crippen LogP contribution in [0.3, 0.4) is 0 Å². The van der Waals surface area contributed by atoms with E-state index in [0.717, 1.165) is 54.8 Å². The zero-order valence-corrected chi connectivity index (χ0v) is 17.3. The van der Waals surface area contributed by atoms with Gasteiger partial charge in [-0.15, -0.1) is 11.8 Å². The predicted molar refractivity (Wildman–Crippen MR) is 111 cm³/mol. The Morgan fingerprint density at radius 1 is 1.39 bits per heavy atom. The van der Waals surface area contributed by atoms with Crippen molar-refractivity contribution < 1.29 is 9.13 Å². The summed E-state index contributed by atoms with van der Waals surface area (Å²) in [5, 5.41) is 7.64. The maximum absolute atomic E-state index is 13.0. The summed E-state index contributed by atoms with van der Waals surface area (Å²) in [4.78, 5) is 8.15. The van der Waals surface area contributed by atoms with E-state index < -0.39 is 0 Å². The van der Waals surface area contributed by atoms with Crippen molar-refractivity contribution in [3.8, 4) is 0 Å². The third-order valence-electron chi connectivity index (χ3n) is 4.44. The molecule has 0 saturated carbocycles. The number of hydrogen-bond acceptors (Lipinski definition) is 4. The van der Waals surface area contributed by atoms with Gasteiger partial charge in [-0.25, -0.2) is 4.39 Å². The van der Waals surface area contributed by atoms with Gasteiger partial charge in [0.25, 0.3) is 0 Å². The average Bonchev–Trinajstić information content (AvgIpc) is 3.15. The highest BCUT2D eigenvalue weighted by atomic mass is 32.2. The van der Waals surface area contributed by atoms with Gasteiger partial charge in [-0.1, -0.05) is 0 Å². The lowest BCUT2D eigenvalue weighted by Crippen LogP contribution is -2.48. The molecule has 1 aromatic carbocycles. The van der Waals surface area contributed by atoms with Crippen molar-refractivity contribution in [1.29, 1.82) is 0 Å². The fourth-order valence-electron chi connectivity index (χ4n) is 3.05. The second-order valence-electron chi connectivity index (χ2n) is 6.64. The van der Waals surface area contributed by atoms with Crippen molar-refractivity contribution in [3.05, 3.63) is 48.0 Å². The highest BCUT2D eigenvalue weighted by Gasteiger charge is 2.25. The quantitative estimate of drug-likeness (QED) is 0.332. The van der Waals surface area contributed by atoms with Crippen molar-refractivity contribution in [1.82, 2.24) is 20.0 Å². The molecular formula is C20H28FN5OS. The van der Waals surface area contributed by atoms with Gasteiger partial charge in [0.05, 0.1) is 19.3 Å². The molecule has 152 valence electrons. The van der Waals surface area contributed by atoms with Crippen LogP contribution in [0.15, 0.2) is 46.5 Å². The number of aromatic nitrogens is 2. The molecule has 8 heteroatoms. The van der Waals surface area contributed by atoms with Crippen molar-refractivity contribution in [3.63, 3.8) is 0 Å². The van der Waals surface area contributed by atoms with Gasteiger partial charge in [0, 0.05) is 43.3 Å². The van der Waals surface area contributed by atoms with Crippen molar-refractivity contribution in [2.45, 2.75) is 24.3 Å².